The third-order valence-corrected chi connectivity index (χ3v) is 2.08. The molecule has 0 fully saturated rings. The van der Waals surface area contributed by atoms with Crippen LogP contribution < -0.4 is 5.32 Å². The molecule has 5 heteroatoms. The Morgan fingerprint density at radius 1 is 1.77 bits per heavy atom. The standard InChI is InChI=1S/C8H12N2O2S/c1-8(2,12)5-10-6(11)7-9-3-4-13-7/h3-4,12H,5H2,1-2H3,(H,10,11). The van der Waals surface area contributed by atoms with Crippen LogP contribution in [-0.4, -0.2) is 28.1 Å². The molecule has 0 bridgehead atoms. The fraction of sp³-hybridized carbons (Fsp3) is 0.500. The zero-order valence-corrected chi connectivity index (χ0v) is 8.39. The van der Waals surface area contributed by atoms with Gasteiger partial charge < -0.3 is 10.4 Å². The molecule has 2 N–H and O–H groups in total. The zero-order valence-electron chi connectivity index (χ0n) is 7.57. The van der Waals surface area contributed by atoms with Crippen molar-refractivity contribution in [1.29, 1.82) is 0 Å². The summed E-state index contributed by atoms with van der Waals surface area (Å²) in [5.74, 6) is -0.239. The van der Waals surface area contributed by atoms with Crippen LogP contribution in [0.5, 0.6) is 0 Å². The van der Waals surface area contributed by atoms with Crippen molar-refractivity contribution in [1.82, 2.24) is 10.3 Å². The number of amides is 1. The van der Waals surface area contributed by atoms with Gasteiger partial charge in [0.2, 0.25) is 0 Å². The van der Waals surface area contributed by atoms with E-state index in [1.54, 1.807) is 25.4 Å². The molecule has 0 aromatic carbocycles. The average molecular weight is 200 g/mol. The van der Waals surface area contributed by atoms with Crippen molar-refractivity contribution in [2.24, 2.45) is 0 Å². The summed E-state index contributed by atoms with van der Waals surface area (Å²) in [5, 5.41) is 14.1. The molecule has 1 aromatic heterocycles. The lowest BCUT2D eigenvalue weighted by Gasteiger charge is -2.16. The fourth-order valence-corrected chi connectivity index (χ4v) is 1.26. The Kier molecular flexibility index (Phi) is 3.00. The second-order valence-corrected chi connectivity index (χ2v) is 4.23. The van der Waals surface area contributed by atoms with Gasteiger partial charge in [-0.3, -0.25) is 4.79 Å². The first-order valence-corrected chi connectivity index (χ1v) is 4.77. The van der Waals surface area contributed by atoms with E-state index in [-0.39, 0.29) is 12.5 Å². The number of carbonyl (C=O) groups is 1. The maximum Gasteiger partial charge on any atom is 0.280 e. The molecule has 0 atom stereocenters. The molecule has 0 saturated heterocycles. The number of thiazole rings is 1. The molecule has 0 spiro atoms. The van der Waals surface area contributed by atoms with Crippen molar-refractivity contribution in [3.8, 4) is 0 Å². The van der Waals surface area contributed by atoms with Gasteiger partial charge in [0.15, 0.2) is 5.01 Å². The summed E-state index contributed by atoms with van der Waals surface area (Å²) in [6.07, 6.45) is 1.57. The van der Waals surface area contributed by atoms with Crippen LogP contribution in [0.3, 0.4) is 0 Å². The predicted molar refractivity (Wildman–Crippen MR) is 50.7 cm³/mol. The average Bonchev–Trinajstić information content (AvgIpc) is 2.50. The van der Waals surface area contributed by atoms with Gasteiger partial charge in [-0.05, 0) is 13.8 Å². The molecule has 1 aromatic rings. The van der Waals surface area contributed by atoms with Crippen LogP contribution >= 0.6 is 11.3 Å². The number of aliphatic hydroxyl groups is 1. The highest BCUT2D eigenvalue weighted by molar-refractivity contribution is 7.11. The van der Waals surface area contributed by atoms with Gasteiger partial charge in [0.25, 0.3) is 5.91 Å². The first kappa shape index (κ1) is 10.1. The number of carbonyl (C=O) groups excluding carboxylic acids is 1. The van der Waals surface area contributed by atoms with Gasteiger partial charge in [0.05, 0.1) is 5.60 Å². The normalized spacial score (nSPS) is 11.3. The molecule has 0 radical (unpaired) electrons. The van der Waals surface area contributed by atoms with E-state index in [4.69, 9.17) is 0 Å². The quantitative estimate of drug-likeness (QED) is 0.752. The third-order valence-electron chi connectivity index (χ3n) is 1.31. The minimum atomic E-state index is -0.882. The number of hydrogen-bond acceptors (Lipinski definition) is 4. The molecule has 1 amide bonds. The molecule has 0 saturated carbocycles. The largest absolute Gasteiger partial charge is 0.389 e. The maximum absolute atomic E-state index is 11.3. The topological polar surface area (TPSA) is 62.2 Å². The summed E-state index contributed by atoms with van der Waals surface area (Å²) in [6, 6.07) is 0. The van der Waals surface area contributed by atoms with Crippen LogP contribution in [0, 0.1) is 0 Å². The van der Waals surface area contributed by atoms with E-state index in [2.05, 4.69) is 10.3 Å². The summed E-state index contributed by atoms with van der Waals surface area (Å²) in [7, 11) is 0. The van der Waals surface area contributed by atoms with Crippen molar-refractivity contribution in [3.63, 3.8) is 0 Å². The highest BCUT2D eigenvalue weighted by atomic mass is 32.1. The molecule has 0 aliphatic heterocycles. The summed E-state index contributed by atoms with van der Waals surface area (Å²) in [5.41, 5.74) is -0.882. The first-order valence-electron chi connectivity index (χ1n) is 3.89. The third kappa shape index (κ3) is 3.52. The molecule has 0 aliphatic carbocycles. The molecule has 1 rings (SSSR count). The smallest absolute Gasteiger partial charge is 0.280 e. The van der Waals surface area contributed by atoms with Crippen LogP contribution in [-0.2, 0) is 0 Å². The number of nitrogens with zero attached hydrogens (tertiary/aromatic N) is 1. The number of rotatable bonds is 3. The van der Waals surface area contributed by atoms with Crippen LogP contribution in [0.2, 0.25) is 0 Å². The Hall–Kier alpha value is -0.940. The van der Waals surface area contributed by atoms with Gasteiger partial charge >= 0.3 is 0 Å². The molecule has 1 heterocycles. The van der Waals surface area contributed by atoms with Crippen molar-refractivity contribution < 1.29 is 9.90 Å². The van der Waals surface area contributed by atoms with Crippen molar-refractivity contribution in [2.45, 2.75) is 19.4 Å². The lowest BCUT2D eigenvalue weighted by Crippen LogP contribution is -2.38. The van der Waals surface area contributed by atoms with Crippen molar-refractivity contribution >= 4 is 17.2 Å². The van der Waals surface area contributed by atoms with Gasteiger partial charge in [0.1, 0.15) is 0 Å². The minimum absolute atomic E-state index is 0.228. The highest BCUT2D eigenvalue weighted by Crippen LogP contribution is 2.04. The summed E-state index contributed by atoms with van der Waals surface area (Å²) < 4.78 is 0. The maximum atomic E-state index is 11.3. The summed E-state index contributed by atoms with van der Waals surface area (Å²) in [4.78, 5) is 15.1. The minimum Gasteiger partial charge on any atom is -0.389 e. The SMILES string of the molecule is CC(C)(O)CNC(=O)c1nccs1. The molecule has 0 unspecified atom stereocenters. The Morgan fingerprint density at radius 2 is 2.46 bits per heavy atom. The highest BCUT2D eigenvalue weighted by Gasteiger charge is 2.15. The molecular formula is C8H12N2O2S. The Bertz CT molecular complexity index is 277. The molecule has 13 heavy (non-hydrogen) atoms. The Balaban J connectivity index is 2.44. The van der Waals surface area contributed by atoms with Crippen LogP contribution in [0.15, 0.2) is 11.6 Å². The van der Waals surface area contributed by atoms with Crippen LogP contribution in [0.4, 0.5) is 0 Å². The van der Waals surface area contributed by atoms with E-state index in [1.165, 1.54) is 11.3 Å². The fourth-order valence-electron chi connectivity index (χ4n) is 0.708. The van der Waals surface area contributed by atoms with Gasteiger partial charge in [0, 0.05) is 18.1 Å². The van der Waals surface area contributed by atoms with E-state index in [9.17, 15) is 9.90 Å². The van der Waals surface area contributed by atoms with Gasteiger partial charge in [-0.25, -0.2) is 4.98 Å². The van der Waals surface area contributed by atoms with Gasteiger partial charge in [-0.2, -0.15) is 0 Å². The lowest BCUT2D eigenvalue weighted by atomic mass is 10.1. The van der Waals surface area contributed by atoms with Gasteiger partial charge in [-0.15, -0.1) is 11.3 Å². The number of nitrogens with one attached hydrogen (secondary N) is 1. The van der Waals surface area contributed by atoms with Crippen molar-refractivity contribution in [3.05, 3.63) is 16.6 Å². The Labute approximate surface area is 80.6 Å². The monoisotopic (exact) mass is 200 g/mol. The number of aromatic nitrogens is 1. The lowest BCUT2D eigenvalue weighted by molar-refractivity contribution is 0.0694. The molecule has 0 aliphatic rings. The van der Waals surface area contributed by atoms with E-state index in [1.807, 2.05) is 0 Å². The van der Waals surface area contributed by atoms with E-state index >= 15 is 0 Å². The summed E-state index contributed by atoms with van der Waals surface area (Å²) in [6.45, 7) is 3.50. The summed E-state index contributed by atoms with van der Waals surface area (Å²) >= 11 is 1.28. The second kappa shape index (κ2) is 3.85. The Morgan fingerprint density at radius 3 is 2.92 bits per heavy atom. The van der Waals surface area contributed by atoms with E-state index < -0.39 is 5.60 Å². The second-order valence-electron chi connectivity index (χ2n) is 3.33. The molecule has 4 nitrogen and oxygen atoms in total. The zero-order chi connectivity index (χ0) is 9.90. The van der Waals surface area contributed by atoms with Crippen LogP contribution in [0.25, 0.3) is 0 Å². The predicted octanol–water partition coefficient (Wildman–Crippen LogP) is 0.644. The first-order chi connectivity index (χ1) is 5.99. The van der Waals surface area contributed by atoms with Crippen molar-refractivity contribution in [2.75, 3.05) is 6.54 Å². The van der Waals surface area contributed by atoms with Gasteiger partial charge in [-0.1, -0.05) is 0 Å². The molecule has 72 valence electrons. The van der Waals surface area contributed by atoms with Crippen LogP contribution in [0.1, 0.15) is 23.6 Å². The van der Waals surface area contributed by atoms with E-state index in [0.29, 0.717) is 5.01 Å². The van der Waals surface area contributed by atoms with E-state index in [0.717, 1.165) is 0 Å². The number of hydrogen-bond donors (Lipinski definition) is 2. The molecular weight excluding hydrogens is 188 g/mol.